The maximum absolute atomic E-state index is 12.2. The van der Waals surface area contributed by atoms with Gasteiger partial charge in [-0.2, -0.15) is 0 Å². The van der Waals surface area contributed by atoms with Crippen LogP contribution in [-0.2, 0) is 47.7 Å². The van der Waals surface area contributed by atoms with Crippen molar-refractivity contribution >= 4 is 29.8 Å². The largest absolute Gasteiger partial charge is 0.463 e. The molecule has 1 rings (SSSR count). The molecule has 0 aliphatic carbocycles. The average molecular weight is 415 g/mol. The van der Waals surface area contributed by atoms with E-state index in [1.54, 1.807) is 0 Å². The van der Waals surface area contributed by atoms with Crippen molar-refractivity contribution in [2.45, 2.75) is 65.3 Å². The predicted molar refractivity (Wildman–Crippen MR) is 94.9 cm³/mol. The molecular weight excluding hydrogens is 390 g/mol. The Bertz CT molecular complexity index is 688. The van der Waals surface area contributed by atoms with Gasteiger partial charge in [-0.05, 0) is 6.92 Å². The van der Waals surface area contributed by atoms with Crippen molar-refractivity contribution in [3.05, 3.63) is 12.2 Å². The molecule has 0 bridgehead atoms. The van der Waals surface area contributed by atoms with E-state index < -0.39 is 60.4 Å². The van der Waals surface area contributed by atoms with Gasteiger partial charge in [0, 0.05) is 33.3 Å². The zero-order valence-corrected chi connectivity index (χ0v) is 16.9. The summed E-state index contributed by atoms with van der Waals surface area (Å²) in [6.45, 7) is 9.07. The molecule has 0 aromatic rings. The van der Waals surface area contributed by atoms with Crippen LogP contribution >= 0.6 is 0 Å². The number of amides is 1. The van der Waals surface area contributed by atoms with E-state index in [1.807, 2.05) is 0 Å². The molecule has 0 aromatic heterocycles. The number of rotatable bonds is 7. The van der Waals surface area contributed by atoms with Crippen LogP contribution in [0.25, 0.3) is 0 Å². The second kappa shape index (κ2) is 10.6. The Balaban J connectivity index is 3.36. The predicted octanol–water partition coefficient (Wildman–Crippen LogP) is -0.238. The number of nitrogens with one attached hydrogen (secondary N) is 1. The van der Waals surface area contributed by atoms with E-state index in [0.29, 0.717) is 0 Å². The van der Waals surface area contributed by atoms with Gasteiger partial charge in [-0.1, -0.05) is 6.58 Å². The highest BCUT2D eigenvalue weighted by molar-refractivity contribution is 5.92. The highest BCUT2D eigenvalue weighted by atomic mass is 16.7. The Labute approximate surface area is 167 Å². The number of carbonyl (C=O) groups is 5. The van der Waals surface area contributed by atoms with Crippen LogP contribution in [-0.4, -0.2) is 67.0 Å². The summed E-state index contributed by atoms with van der Waals surface area (Å²) in [6.07, 6.45) is -5.14. The van der Waals surface area contributed by atoms with Gasteiger partial charge in [0.15, 0.2) is 12.2 Å². The van der Waals surface area contributed by atoms with Crippen LogP contribution in [0.2, 0.25) is 0 Å². The highest BCUT2D eigenvalue weighted by Gasteiger charge is 2.52. The molecule has 1 heterocycles. The lowest BCUT2D eigenvalue weighted by Gasteiger charge is -2.44. The topological polar surface area (TPSA) is 144 Å². The van der Waals surface area contributed by atoms with Crippen molar-refractivity contribution in [2.24, 2.45) is 0 Å². The lowest BCUT2D eigenvalue weighted by atomic mass is 9.95. The Morgan fingerprint density at radius 3 is 1.79 bits per heavy atom. The van der Waals surface area contributed by atoms with E-state index in [1.165, 1.54) is 6.92 Å². The summed E-state index contributed by atoms with van der Waals surface area (Å²) in [4.78, 5) is 58.2. The van der Waals surface area contributed by atoms with Crippen LogP contribution in [0.4, 0.5) is 0 Å². The summed E-state index contributed by atoms with van der Waals surface area (Å²) in [5.41, 5.74) is 0.124. The summed E-state index contributed by atoms with van der Waals surface area (Å²) < 4.78 is 26.2. The molecule has 1 saturated heterocycles. The van der Waals surface area contributed by atoms with Gasteiger partial charge in [-0.15, -0.1) is 0 Å². The molecule has 0 unspecified atom stereocenters. The molecule has 1 aliphatic rings. The number of hydrogen-bond acceptors (Lipinski definition) is 10. The molecule has 1 N–H and O–H groups in total. The van der Waals surface area contributed by atoms with Crippen molar-refractivity contribution in [1.82, 2.24) is 5.32 Å². The van der Waals surface area contributed by atoms with E-state index in [2.05, 4.69) is 11.9 Å². The van der Waals surface area contributed by atoms with E-state index in [4.69, 9.17) is 23.7 Å². The molecule has 0 spiro atoms. The first kappa shape index (κ1) is 24.1. The van der Waals surface area contributed by atoms with E-state index in [9.17, 15) is 24.0 Å². The van der Waals surface area contributed by atoms with Gasteiger partial charge in [0.25, 0.3) is 0 Å². The van der Waals surface area contributed by atoms with Crippen LogP contribution in [0.3, 0.4) is 0 Å². The summed E-state index contributed by atoms with van der Waals surface area (Å²) >= 11 is 0. The molecule has 29 heavy (non-hydrogen) atoms. The highest BCUT2D eigenvalue weighted by Crippen LogP contribution is 2.28. The number of carbonyl (C=O) groups excluding carboxylic acids is 5. The van der Waals surface area contributed by atoms with Gasteiger partial charge >= 0.3 is 23.9 Å². The normalized spacial score (nSPS) is 25.9. The first-order valence-corrected chi connectivity index (χ1v) is 8.69. The maximum Gasteiger partial charge on any atom is 0.305 e. The van der Waals surface area contributed by atoms with Crippen molar-refractivity contribution < 1.29 is 47.7 Å². The average Bonchev–Trinajstić information content (AvgIpc) is 2.56. The molecule has 1 amide bonds. The summed E-state index contributed by atoms with van der Waals surface area (Å²) in [6, 6.07) is -1.23. The molecule has 11 nitrogen and oxygen atoms in total. The molecule has 0 saturated carbocycles. The Morgan fingerprint density at radius 1 is 0.828 bits per heavy atom. The van der Waals surface area contributed by atoms with Crippen LogP contribution in [0.5, 0.6) is 0 Å². The van der Waals surface area contributed by atoms with Crippen LogP contribution in [0, 0.1) is 0 Å². The molecule has 0 aromatic carbocycles. The van der Waals surface area contributed by atoms with Crippen molar-refractivity contribution in [3.8, 4) is 0 Å². The lowest BCUT2D eigenvalue weighted by Crippen LogP contribution is -2.67. The van der Waals surface area contributed by atoms with Crippen molar-refractivity contribution in [2.75, 3.05) is 6.61 Å². The van der Waals surface area contributed by atoms with Crippen molar-refractivity contribution in [1.29, 1.82) is 0 Å². The number of ether oxygens (including phenoxy) is 5. The van der Waals surface area contributed by atoms with Gasteiger partial charge < -0.3 is 29.0 Å². The fourth-order valence-electron chi connectivity index (χ4n) is 2.59. The lowest BCUT2D eigenvalue weighted by molar-refractivity contribution is -0.270. The summed E-state index contributed by atoms with van der Waals surface area (Å²) in [5.74, 6) is -3.51. The van der Waals surface area contributed by atoms with Gasteiger partial charge in [-0.3, -0.25) is 24.0 Å². The monoisotopic (exact) mass is 415 g/mol. The van der Waals surface area contributed by atoms with E-state index >= 15 is 0 Å². The fourth-order valence-corrected chi connectivity index (χ4v) is 2.59. The minimum Gasteiger partial charge on any atom is -0.463 e. The molecule has 0 radical (unpaired) electrons. The third-order valence-electron chi connectivity index (χ3n) is 3.67. The first-order valence-electron chi connectivity index (χ1n) is 8.69. The quantitative estimate of drug-likeness (QED) is 0.336. The Kier molecular flexibility index (Phi) is 8.77. The molecular formula is C18H25NO10. The van der Waals surface area contributed by atoms with Gasteiger partial charge in [0.2, 0.25) is 12.2 Å². The van der Waals surface area contributed by atoms with Gasteiger partial charge in [0.05, 0.1) is 0 Å². The third-order valence-corrected chi connectivity index (χ3v) is 3.67. The Hall–Kier alpha value is -2.95. The molecule has 1 aliphatic heterocycles. The standard InChI is InChI=1S/C18H25NO10/c1-8(2)17(24)19-14-16(27-11(5)22)15(26-10(4)21)13(7-25-9(3)20)29-18(14)28-12(6)23/h13-16,18H,1,7H2,2-6H3,(H,19,24)/t13-,14-,15-,16-,18-/m0/s1. The Morgan fingerprint density at radius 2 is 1.34 bits per heavy atom. The number of esters is 4. The minimum absolute atomic E-state index is 0.124. The third kappa shape index (κ3) is 7.53. The van der Waals surface area contributed by atoms with Crippen LogP contribution in [0.1, 0.15) is 34.6 Å². The van der Waals surface area contributed by atoms with Gasteiger partial charge in [0.1, 0.15) is 18.8 Å². The molecule has 5 atom stereocenters. The maximum atomic E-state index is 12.2. The van der Waals surface area contributed by atoms with Gasteiger partial charge in [-0.25, -0.2) is 0 Å². The second-order valence-electron chi connectivity index (χ2n) is 6.38. The van der Waals surface area contributed by atoms with Crippen molar-refractivity contribution in [3.63, 3.8) is 0 Å². The fraction of sp³-hybridized carbons (Fsp3) is 0.611. The SMILES string of the molecule is C=C(C)C(=O)N[C@@H]1[C@@H](OC(C)=O)O[C@@H](COC(C)=O)[C@H](OC(C)=O)[C@H]1OC(C)=O. The zero-order chi connectivity index (χ0) is 22.3. The smallest absolute Gasteiger partial charge is 0.305 e. The molecule has 162 valence electrons. The zero-order valence-electron chi connectivity index (χ0n) is 16.9. The number of hydrogen-bond donors (Lipinski definition) is 1. The summed E-state index contributed by atoms with van der Waals surface area (Å²) in [7, 11) is 0. The van der Waals surface area contributed by atoms with Crippen LogP contribution in [0.15, 0.2) is 12.2 Å². The second-order valence-corrected chi connectivity index (χ2v) is 6.38. The van der Waals surface area contributed by atoms with Crippen LogP contribution < -0.4 is 5.32 Å². The minimum atomic E-state index is -1.42. The molecule has 11 heteroatoms. The summed E-state index contributed by atoms with van der Waals surface area (Å²) in [5, 5.41) is 2.50. The first-order chi connectivity index (χ1) is 13.4. The van der Waals surface area contributed by atoms with E-state index in [0.717, 1.165) is 27.7 Å². The van der Waals surface area contributed by atoms with E-state index in [-0.39, 0.29) is 12.2 Å². The molecule has 1 fully saturated rings.